The van der Waals surface area contributed by atoms with Crippen LogP contribution in [0, 0.1) is 6.92 Å². The molecule has 4 heterocycles. The van der Waals surface area contributed by atoms with Gasteiger partial charge in [-0.1, -0.05) is 0 Å². The van der Waals surface area contributed by atoms with Crippen molar-refractivity contribution < 1.29 is 4.79 Å². The molecular formula is C15H12N8O. The number of amides is 1. The van der Waals surface area contributed by atoms with Crippen molar-refractivity contribution in [2.45, 2.75) is 6.92 Å². The molecule has 0 fully saturated rings. The molecule has 4 aromatic heterocycles. The Morgan fingerprint density at radius 1 is 1.21 bits per heavy atom. The largest absolute Gasteiger partial charge is 0.321 e. The number of hydrogen-bond acceptors (Lipinski definition) is 6. The lowest BCUT2D eigenvalue weighted by Crippen LogP contribution is -2.13. The smallest absolute Gasteiger partial charge is 0.257 e. The van der Waals surface area contributed by atoms with E-state index in [4.69, 9.17) is 0 Å². The van der Waals surface area contributed by atoms with E-state index < -0.39 is 0 Å². The molecule has 1 N–H and O–H groups in total. The third-order valence-electron chi connectivity index (χ3n) is 3.36. The fourth-order valence-corrected chi connectivity index (χ4v) is 2.25. The molecule has 0 aliphatic rings. The lowest BCUT2D eigenvalue weighted by molar-refractivity contribution is 0.102. The van der Waals surface area contributed by atoms with Crippen molar-refractivity contribution in [3.05, 3.63) is 60.7 Å². The highest BCUT2D eigenvalue weighted by atomic mass is 16.1. The second-order valence-electron chi connectivity index (χ2n) is 5.08. The van der Waals surface area contributed by atoms with E-state index in [0.717, 1.165) is 5.65 Å². The topological polar surface area (TPSA) is 103 Å². The van der Waals surface area contributed by atoms with Gasteiger partial charge in [-0.15, -0.1) is 0 Å². The highest BCUT2D eigenvalue weighted by Crippen LogP contribution is 2.12. The van der Waals surface area contributed by atoms with Crippen molar-refractivity contribution in [1.29, 1.82) is 0 Å². The summed E-state index contributed by atoms with van der Waals surface area (Å²) in [5.41, 5.74) is 1.79. The molecule has 9 heteroatoms. The van der Waals surface area contributed by atoms with Crippen molar-refractivity contribution in [2.24, 2.45) is 0 Å². The highest BCUT2D eigenvalue weighted by Gasteiger charge is 2.09. The number of pyridine rings is 2. The summed E-state index contributed by atoms with van der Waals surface area (Å²) in [6.07, 6.45) is 6.16. The van der Waals surface area contributed by atoms with Gasteiger partial charge in [0, 0.05) is 6.20 Å². The minimum absolute atomic E-state index is 0.260. The van der Waals surface area contributed by atoms with E-state index >= 15 is 0 Å². The summed E-state index contributed by atoms with van der Waals surface area (Å²) < 4.78 is 3.14. The lowest BCUT2D eigenvalue weighted by atomic mass is 10.2. The van der Waals surface area contributed by atoms with Crippen LogP contribution in [0.4, 0.5) is 5.69 Å². The van der Waals surface area contributed by atoms with Crippen LogP contribution < -0.4 is 5.32 Å². The number of nitrogens with one attached hydrogen (secondary N) is 1. The Morgan fingerprint density at radius 3 is 2.88 bits per heavy atom. The molecule has 118 valence electrons. The van der Waals surface area contributed by atoms with Crippen LogP contribution in [0.15, 0.2) is 49.3 Å². The number of nitrogens with zero attached hydrogens (tertiary/aromatic N) is 7. The normalized spacial score (nSPS) is 10.9. The van der Waals surface area contributed by atoms with E-state index in [1.54, 1.807) is 35.0 Å². The summed E-state index contributed by atoms with van der Waals surface area (Å²) in [5, 5.41) is 11.0. The third kappa shape index (κ3) is 2.58. The fraction of sp³-hybridized carbons (Fsp3) is 0.0667. The van der Waals surface area contributed by atoms with Crippen LogP contribution in [-0.4, -0.2) is 40.3 Å². The molecule has 0 atom stereocenters. The Morgan fingerprint density at radius 2 is 2.12 bits per heavy atom. The molecule has 4 aromatic rings. The number of hydrogen-bond donors (Lipinski definition) is 1. The second kappa shape index (κ2) is 5.54. The molecule has 9 nitrogen and oxygen atoms in total. The summed E-state index contributed by atoms with van der Waals surface area (Å²) in [5.74, 6) is 0.999. The number of aromatic nitrogens is 7. The molecule has 24 heavy (non-hydrogen) atoms. The summed E-state index contributed by atoms with van der Waals surface area (Å²) in [7, 11) is 0. The van der Waals surface area contributed by atoms with Crippen LogP contribution in [0.2, 0.25) is 0 Å². The zero-order chi connectivity index (χ0) is 16.5. The lowest BCUT2D eigenvalue weighted by Gasteiger charge is -2.06. The SMILES string of the molecule is Cc1nc2ccc(NC(=O)c3ccc(-n4cncn4)nc3)cn2n1. The zero-order valence-electron chi connectivity index (χ0n) is 12.7. The molecule has 0 aliphatic carbocycles. The molecule has 0 spiro atoms. The first-order valence-corrected chi connectivity index (χ1v) is 7.14. The van der Waals surface area contributed by atoms with Gasteiger partial charge in [-0.25, -0.2) is 24.1 Å². The average Bonchev–Trinajstić information content (AvgIpc) is 3.23. The van der Waals surface area contributed by atoms with Gasteiger partial charge in [-0.2, -0.15) is 10.2 Å². The van der Waals surface area contributed by atoms with Crippen LogP contribution in [0.25, 0.3) is 11.5 Å². The summed E-state index contributed by atoms with van der Waals surface area (Å²) >= 11 is 0. The van der Waals surface area contributed by atoms with E-state index in [-0.39, 0.29) is 5.91 Å². The van der Waals surface area contributed by atoms with Crippen molar-refractivity contribution in [1.82, 2.24) is 34.3 Å². The Kier molecular flexibility index (Phi) is 3.23. The molecule has 0 radical (unpaired) electrons. The van der Waals surface area contributed by atoms with Crippen LogP contribution in [0.1, 0.15) is 16.2 Å². The Labute approximate surface area is 136 Å². The van der Waals surface area contributed by atoms with E-state index in [1.807, 2.05) is 6.92 Å². The zero-order valence-corrected chi connectivity index (χ0v) is 12.7. The van der Waals surface area contributed by atoms with Gasteiger partial charge in [0.15, 0.2) is 11.5 Å². The predicted molar refractivity (Wildman–Crippen MR) is 84.8 cm³/mol. The Bertz CT molecular complexity index is 1000. The van der Waals surface area contributed by atoms with Crippen LogP contribution in [0.3, 0.4) is 0 Å². The van der Waals surface area contributed by atoms with Gasteiger partial charge in [-0.05, 0) is 31.2 Å². The molecule has 0 saturated heterocycles. The molecule has 0 saturated carbocycles. The fourth-order valence-electron chi connectivity index (χ4n) is 2.25. The molecule has 0 aromatic carbocycles. The summed E-state index contributed by atoms with van der Waals surface area (Å²) in [6.45, 7) is 1.81. The number of anilines is 1. The van der Waals surface area contributed by atoms with E-state index in [0.29, 0.717) is 22.9 Å². The monoisotopic (exact) mass is 320 g/mol. The minimum atomic E-state index is -0.260. The minimum Gasteiger partial charge on any atom is -0.321 e. The van der Waals surface area contributed by atoms with Crippen molar-refractivity contribution in [3.63, 3.8) is 0 Å². The van der Waals surface area contributed by atoms with E-state index in [1.165, 1.54) is 23.5 Å². The maximum Gasteiger partial charge on any atom is 0.257 e. The number of fused-ring (bicyclic) bond motifs is 1. The molecule has 0 unspecified atom stereocenters. The maximum atomic E-state index is 12.3. The number of rotatable bonds is 3. The van der Waals surface area contributed by atoms with Crippen LogP contribution >= 0.6 is 0 Å². The standard InChI is InChI=1S/C15H12N8O/c1-10-19-14-5-3-12(7-22(14)21-10)20-15(24)11-2-4-13(17-6-11)23-9-16-8-18-23/h2-9H,1H3,(H,20,24). The molecular weight excluding hydrogens is 308 g/mol. The molecule has 0 aliphatic heterocycles. The maximum absolute atomic E-state index is 12.3. The van der Waals surface area contributed by atoms with Gasteiger partial charge in [0.25, 0.3) is 5.91 Å². The van der Waals surface area contributed by atoms with Crippen molar-refractivity contribution in [2.75, 3.05) is 5.32 Å². The number of carbonyl (C=O) groups is 1. The molecule has 4 rings (SSSR count). The summed E-state index contributed by atoms with van der Waals surface area (Å²) in [6, 6.07) is 6.95. The van der Waals surface area contributed by atoms with Crippen molar-refractivity contribution in [3.8, 4) is 5.82 Å². The highest BCUT2D eigenvalue weighted by molar-refractivity contribution is 6.04. The third-order valence-corrected chi connectivity index (χ3v) is 3.36. The Hall–Kier alpha value is -3.62. The van der Waals surface area contributed by atoms with Gasteiger partial charge in [0.05, 0.1) is 17.4 Å². The molecule has 1 amide bonds. The van der Waals surface area contributed by atoms with Gasteiger partial charge >= 0.3 is 0 Å². The first-order valence-electron chi connectivity index (χ1n) is 7.14. The van der Waals surface area contributed by atoms with Crippen LogP contribution in [-0.2, 0) is 0 Å². The van der Waals surface area contributed by atoms with Crippen LogP contribution in [0.5, 0.6) is 0 Å². The molecule has 0 bridgehead atoms. The van der Waals surface area contributed by atoms with Gasteiger partial charge in [0.1, 0.15) is 18.5 Å². The predicted octanol–water partition coefficient (Wildman–Crippen LogP) is 1.27. The number of aryl methyl sites for hydroxylation is 1. The van der Waals surface area contributed by atoms with E-state index in [9.17, 15) is 4.79 Å². The second-order valence-corrected chi connectivity index (χ2v) is 5.08. The Balaban J connectivity index is 1.54. The first-order chi connectivity index (χ1) is 11.7. The van der Waals surface area contributed by atoms with Gasteiger partial charge in [0.2, 0.25) is 0 Å². The average molecular weight is 320 g/mol. The van der Waals surface area contributed by atoms with Crippen molar-refractivity contribution >= 4 is 17.2 Å². The van der Waals surface area contributed by atoms with Gasteiger partial charge < -0.3 is 5.32 Å². The first kappa shape index (κ1) is 14.0. The van der Waals surface area contributed by atoms with Gasteiger partial charge in [-0.3, -0.25) is 4.79 Å². The quantitative estimate of drug-likeness (QED) is 0.609. The van der Waals surface area contributed by atoms with E-state index in [2.05, 4.69) is 30.5 Å². The number of carbonyl (C=O) groups excluding carboxylic acids is 1. The summed E-state index contributed by atoms with van der Waals surface area (Å²) in [4.78, 5) is 24.6.